The molecule has 10 aromatic rings. The summed E-state index contributed by atoms with van der Waals surface area (Å²) in [5, 5.41) is 5.72. The highest BCUT2D eigenvalue weighted by molar-refractivity contribution is 6.17. The third-order valence-electron chi connectivity index (χ3n) is 9.42. The molecule has 0 aliphatic carbocycles. The number of hydrogen-bond donors (Lipinski definition) is 0. The average molecular weight is 614 g/mol. The van der Waals surface area contributed by atoms with E-state index in [4.69, 9.17) is 14.4 Å². The lowest BCUT2D eigenvalue weighted by molar-refractivity contribution is 0.669. The van der Waals surface area contributed by atoms with E-state index in [9.17, 15) is 0 Å². The lowest BCUT2D eigenvalue weighted by atomic mass is 10.0. The van der Waals surface area contributed by atoms with Crippen molar-refractivity contribution in [2.75, 3.05) is 0 Å². The van der Waals surface area contributed by atoms with Crippen molar-refractivity contribution in [3.05, 3.63) is 164 Å². The maximum Gasteiger partial charge on any atom is 0.160 e. The molecule has 4 heteroatoms. The Kier molecular flexibility index (Phi) is 5.84. The van der Waals surface area contributed by atoms with Gasteiger partial charge in [-0.1, -0.05) is 109 Å². The lowest BCUT2D eigenvalue weighted by Crippen LogP contribution is -1.97. The molecule has 7 aromatic carbocycles. The van der Waals surface area contributed by atoms with Gasteiger partial charge in [0.05, 0.1) is 22.2 Å². The van der Waals surface area contributed by atoms with Gasteiger partial charge in [-0.25, -0.2) is 9.97 Å². The largest absolute Gasteiger partial charge is 0.456 e. The predicted octanol–water partition coefficient (Wildman–Crippen LogP) is 11.6. The molecule has 0 atom stereocenters. The fourth-order valence-electron chi connectivity index (χ4n) is 7.10. The minimum absolute atomic E-state index is 0.702. The maximum atomic E-state index is 6.31. The summed E-state index contributed by atoms with van der Waals surface area (Å²) in [6.45, 7) is 0. The third-order valence-corrected chi connectivity index (χ3v) is 9.42. The number of rotatable bonds is 4. The Labute approximate surface area is 276 Å². The molecule has 0 fully saturated rings. The van der Waals surface area contributed by atoms with Gasteiger partial charge in [0.15, 0.2) is 5.82 Å². The van der Waals surface area contributed by atoms with E-state index in [2.05, 4.69) is 138 Å². The van der Waals surface area contributed by atoms with Crippen molar-refractivity contribution in [3.63, 3.8) is 0 Å². The highest BCUT2D eigenvalue weighted by Crippen LogP contribution is 2.38. The van der Waals surface area contributed by atoms with Crippen molar-refractivity contribution in [2.45, 2.75) is 0 Å². The van der Waals surface area contributed by atoms with Crippen LogP contribution in [0.1, 0.15) is 0 Å². The van der Waals surface area contributed by atoms with Crippen molar-refractivity contribution in [3.8, 4) is 39.5 Å². The zero-order valence-corrected chi connectivity index (χ0v) is 25.8. The summed E-state index contributed by atoms with van der Waals surface area (Å²) < 4.78 is 8.63. The van der Waals surface area contributed by atoms with Gasteiger partial charge in [-0.05, 0) is 59.7 Å². The summed E-state index contributed by atoms with van der Waals surface area (Å²) >= 11 is 0. The van der Waals surface area contributed by atoms with E-state index in [1.165, 1.54) is 21.9 Å². The Bertz CT molecular complexity index is 2810. The summed E-state index contributed by atoms with van der Waals surface area (Å²) in [5.41, 5.74) is 11.4. The van der Waals surface area contributed by atoms with E-state index >= 15 is 0 Å². The minimum Gasteiger partial charge on any atom is -0.456 e. The van der Waals surface area contributed by atoms with Crippen LogP contribution >= 0.6 is 0 Å². The van der Waals surface area contributed by atoms with Crippen LogP contribution in [0, 0.1) is 0 Å². The molecule has 0 bridgehead atoms. The van der Waals surface area contributed by atoms with Crippen molar-refractivity contribution in [1.29, 1.82) is 0 Å². The Hall–Kier alpha value is -6.52. The Balaban J connectivity index is 1.09. The van der Waals surface area contributed by atoms with E-state index < -0.39 is 0 Å². The Morgan fingerprint density at radius 2 is 1.04 bits per heavy atom. The zero-order valence-electron chi connectivity index (χ0n) is 25.8. The van der Waals surface area contributed by atoms with Gasteiger partial charge < -0.3 is 8.98 Å². The molecule has 0 aliphatic rings. The number of furan rings is 1. The second kappa shape index (κ2) is 10.5. The molecule has 0 amide bonds. The van der Waals surface area contributed by atoms with Gasteiger partial charge in [-0.15, -0.1) is 0 Å². The molecule has 0 saturated carbocycles. The summed E-state index contributed by atoms with van der Waals surface area (Å²) in [5.74, 6) is 0.702. The number of fused-ring (bicyclic) bond motifs is 7. The van der Waals surface area contributed by atoms with E-state index in [1.54, 1.807) is 0 Å². The standard InChI is InChI=1S/C44H27N3O/c1-2-10-28(11-3-1)29-18-20-30(21-19-29)43-35-14-4-7-15-38(35)45-44(46-43)31-22-24-32(25-23-31)47-39-16-8-5-12-33(39)36-26-37-34-13-6-9-17-41(34)48-42(37)27-40(36)47/h1-27H. The molecule has 0 spiro atoms. The first-order valence-corrected chi connectivity index (χ1v) is 16.2. The molecule has 0 radical (unpaired) electrons. The van der Waals surface area contributed by atoms with Gasteiger partial charge in [-0.2, -0.15) is 0 Å². The second-order valence-corrected chi connectivity index (χ2v) is 12.2. The minimum atomic E-state index is 0.702. The molecule has 224 valence electrons. The van der Waals surface area contributed by atoms with Crippen LogP contribution < -0.4 is 0 Å². The van der Waals surface area contributed by atoms with Crippen LogP contribution in [0.4, 0.5) is 0 Å². The van der Waals surface area contributed by atoms with Crippen LogP contribution in [0.5, 0.6) is 0 Å². The Morgan fingerprint density at radius 1 is 0.396 bits per heavy atom. The van der Waals surface area contributed by atoms with Gasteiger partial charge in [0.25, 0.3) is 0 Å². The fraction of sp³-hybridized carbons (Fsp3) is 0. The highest BCUT2D eigenvalue weighted by Gasteiger charge is 2.17. The van der Waals surface area contributed by atoms with Gasteiger partial charge in [-0.3, -0.25) is 0 Å². The molecule has 48 heavy (non-hydrogen) atoms. The normalized spacial score (nSPS) is 11.8. The van der Waals surface area contributed by atoms with Crippen molar-refractivity contribution in [1.82, 2.24) is 14.5 Å². The molecule has 0 N–H and O–H groups in total. The van der Waals surface area contributed by atoms with Gasteiger partial charge in [0.2, 0.25) is 0 Å². The van der Waals surface area contributed by atoms with E-state index in [0.29, 0.717) is 5.82 Å². The first-order valence-electron chi connectivity index (χ1n) is 16.2. The molecule has 10 rings (SSSR count). The number of nitrogens with zero attached hydrogens (tertiary/aromatic N) is 3. The SMILES string of the molecule is c1ccc(-c2ccc(-c3nc(-c4ccc(-n5c6ccccc6c6cc7c(cc65)oc5ccccc57)cc4)nc4ccccc34)cc2)cc1. The monoisotopic (exact) mass is 613 g/mol. The number of benzene rings is 7. The number of para-hydroxylation sites is 3. The molecule has 3 aromatic heterocycles. The van der Waals surface area contributed by atoms with Crippen LogP contribution in [-0.2, 0) is 0 Å². The summed E-state index contributed by atoms with van der Waals surface area (Å²) in [7, 11) is 0. The highest BCUT2D eigenvalue weighted by atomic mass is 16.3. The first-order chi connectivity index (χ1) is 23.8. The van der Waals surface area contributed by atoms with Crippen LogP contribution in [-0.4, -0.2) is 14.5 Å². The van der Waals surface area contributed by atoms with E-state index in [0.717, 1.165) is 66.4 Å². The molecular weight excluding hydrogens is 587 g/mol. The van der Waals surface area contributed by atoms with Crippen LogP contribution in [0.15, 0.2) is 168 Å². The predicted molar refractivity (Wildman–Crippen MR) is 197 cm³/mol. The van der Waals surface area contributed by atoms with E-state index in [1.807, 2.05) is 30.3 Å². The maximum absolute atomic E-state index is 6.31. The summed E-state index contributed by atoms with van der Waals surface area (Å²) in [4.78, 5) is 10.2. The van der Waals surface area contributed by atoms with Crippen molar-refractivity contribution < 1.29 is 4.42 Å². The third kappa shape index (κ3) is 4.16. The summed E-state index contributed by atoms with van der Waals surface area (Å²) in [6, 6.07) is 57.2. The zero-order chi connectivity index (χ0) is 31.6. The first kappa shape index (κ1) is 26.7. The van der Waals surface area contributed by atoms with Gasteiger partial charge >= 0.3 is 0 Å². The average Bonchev–Trinajstić information content (AvgIpc) is 3.68. The molecule has 0 aliphatic heterocycles. The molecule has 4 nitrogen and oxygen atoms in total. The summed E-state index contributed by atoms with van der Waals surface area (Å²) in [6.07, 6.45) is 0. The number of hydrogen-bond acceptors (Lipinski definition) is 3. The Morgan fingerprint density at radius 3 is 1.88 bits per heavy atom. The molecule has 3 heterocycles. The lowest BCUT2D eigenvalue weighted by Gasteiger charge is -2.12. The van der Waals surface area contributed by atoms with Crippen molar-refractivity contribution in [2.24, 2.45) is 0 Å². The van der Waals surface area contributed by atoms with E-state index in [-0.39, 0.29) is 0 Å². The van der Waals surface area contributed by atoms with Crippen LogP contribution in [0.3, 0.4) is 0 Å². The molecular formula is C44H27N3O. The topological polar surface area (TPSA) is 43.9 Å². The fourth-order valence-corrected chi connectivity index (χ4v) is 7.10. The molecule has 0 saturated heterocycles. The van der Waals surface area contributed by atoms with Gasteiger partial charge in [0, 0.05) is 49.8 Å². The smallest absolute Gasteiger partial charge is 0.160 e. The second-order valence-electron chi connectivity index (χ2n) is 12.2. The number of aromatic nitrogens is 3. The molecule has 0 unspecified atom stereocenters. The quantitative estimate of drug-likeness (QED) is 0.198. The van der Waals surface area contributed by atoms with Gasteiger partial charge in [0.1, 0.15) is 11.2 Å². The van der Waals surface area contributed by atoms with Crippen molar-refractivity contribution >= 4 is 54.6 Å². The van der Waals surface area contributed by atoms with Crippen LogP contribution in [0.2, 0.25) is 0 Å². The van der Waals surface area contributed by atoms with Crippen LogP contribution in [0.25, 0.3) is 94.1 Å².